The number of nitrogens with one attached hydrogen (secondary N) is 3. The van der Waals surface area contributed by atoms with Gasteiger partial charge in [0.05, 0.1) is 4.90 Å². The van der Waals surface area contributed by atoms with E-state index in [9.17, 15) is 23.3 Å². The standard InChI is InChI=1S/C19H19N9O5S/c1-10-9-11(2)21-19(20-10)25-34(32,33)15-7-5-14(6-8-15)22-17(29)16-12(3)23-27-18(28(30)31)13(4)24-26(16)27/h5-9H,1-4H3,(H2-,20,21,22,23,24,25,29)/p+1. The lowest BCUT2D eigenvalue weighted by Crippen LogP contribution is -2.37. The fraction of sp³-hybridized carbons (Fsp3) is 0.211. The zero-order chi connectivity index (χ0) is 24.8. The van der Waals surface area contributed by atoms with Crippen LogP contribution in [-0.4, -0.2) is 44.0 Å². The molecule has 0 aliphatic carbocycles. The highest BCUT2D eigenvalue weighted by Crippen LogP contribution is 2.18. The number of nitrogens with zero attached hydrogens (tertiary/aromatic N) is 6. The quantitative estimate of drug-likeness (QED) is 0.207. The predicted octanol–water partition coefficient (Wildman–Crippen LogP) is 1.23. The van der Waals surface area contributed by atoms with Crippen molar-refractivity contribution >= 4 is 33.4 Å². The first-order chi connectivity index (χ1) is 16.0. The summed E-state index contributed by atoms with van der Waals surface area (Å²) in [6.45, 7) is 6.49. The Morgan fingerprint density at radius 2 is 1.74 bits per heavy atom. The van der Waals surface area contributed by atoms with Crippen LogP contribution < -0.4 is 14.7 Å². The highest BCUT2D eigenvalue weighted by atomic mass is 32.2. The number of carbonyl (C=O) groups excluding carboxylic acids is 1. The third-order valence-corrected chi connectivity index (χ3v) is 6.15. The van der Waals surface area contributed by atoms with Gasteiger partial charge in [-0.2, -0.15) is 5.10 Å². The highest BCUT2D eigenvalue weighted by Gasteiger charge is 2.37. The molecule has 0 radical (unpaired) electrons. The highest BCUT2D eigenvalue weighted by molar-refractivity contribution is 7.92. The van der Waals surface area contributed by atoms with Crippen LogP contribution in [0.3, 0.4) is 0 Å². The average molecular weight is 486 g/mol. The fourth-order valence-corrected chi connectivity index (χ4v) is 4.36. The maximum Gasteiger partial charge on any atom is 0.436 e. The normalized spacial score (nSPS) is 11.5. The summed E-state index contributed by atoms with van der Waals surface area (Å²) in [6.07, 6.45) is 0. The lowest BCUT2D eigenvalue weighted by atomic mass is 10.3. The van der Waals surface area contributed by atoms with Crippen molar-refractivity contribution in [3.05, 3.63) is 68.9 Å². The van der Waals surface area contributed by atoms with Gasteiger partial charge in [0.2, 0.25) is 5.95 Å². The molecular weight excluding hydrogens is 466 g/mol. The molecule has 0 aliphatic rings. The number of aromatic amines is 1. The van der Waals surface area contributed by atoms with Crippen molar-refractivity contribution in [3.8, 4) is 0 Å². The van der Waals surface area contributed by atoms with Crippen LogP contribution in [0.25, 0.3) is 0 Å². The van der Waals surface area contributed by atoms with E-state index in [4.69, 9.17) is 0 Å². The summed E-state index contributed by atoms with van der Waals surface area (Å²) in [4.78, 5) is 31.6. The van der Waals surface area contributed by atoms with Crippen LogP contribution in [0.1, 0.15) is 33.3 Å². The first-order valence-corrected chi connectivity index (χ1v) is 11.4. The van der Waals surface area contributed by atoms with Crippen molar-refractivity contribution < 1.29 is 22.8 Å². The number of sulfonamides is 1. The van der Waals surface area contributed by atoms with Gasteiger partial charge < -0.3 is 15.4 Å². The van der Waals surface area contributed by atoms with Gasteiger partial charge in [-0.05, 0) is 56.0 Å². The summed E-state index contributed by atoms with van der Waals surface area (Å²) in [5.41, 5.74) is 2.09. The van der Waals surface area contributed by atoms with E-state index in [0.29, 0.717) is 17.1 Å². The summed E-state index contributed by atoms with van der Waals surface area (Å²) in [5, 5.41) is 20.7. The summed E-state index contributed by atoms with van der Waals surface area (Å²) in [7, 11) is -3.95. The lowest BCUT2D eigenvalue weighted by Gasteiger charge is -2.09. The number of benzene rings is 1. The Labute approximate surface area is 192 Å². The summed E-state index contributed by atoms with van der Waals surface area (Å²) < 4.78 is 29.8. The van der Waals surface area contributed by atoms with Gasteiger partial charge in [-0.25, -0.2) is 23.1 Å². The van der Waals surface area contributed by atoms with Gasteiger partial charge in [0, 0.05) is 28.6 Å². The molecule has 0 spiro atoms. The Morgan fingerprint density at radius 3 is 2.32 bits per heavy atom. The number of rotatable bonds is 6. The second-order valence-electron chi connectivity index (χ2n) is 7.51. The number of aryl methyl sites for hydroxylation is 4. The summed E-state index contributed by atoms with van der Waals surface area (Å²) in [5.74, 6) is -0.925. The van der Waals surface area contributed by atoms with Gasteiger partial charge in [-0.1, -0.05) is 0 Å². The number of aromatic nitrogens is 6. The van der Waals surface area contributed by atoms with E-state index in [1.54, 1.807) is 19.9 Å². The fourth-order valence-electron chi connectivity index (χ4n) is 3.42. The third kappa shape index (κ3) is 4.15. The molecule has 3 N–H and O–H groups in total. The van der Waals surface area contributed by atoms with E-state index >= 15 is 0 Å². The summed E-state index contributed by atoms with van der Waals surface area (Å²) in [6, 6.07) is 7.18. The molecule has 0 saturated heterocycles. The lowest BCUT2D eigenvalue weighted by molar-refractivity contribution is -0.682. The molecule has 34 heavy (non-hydrogen) atoms. The first kappa shape index (κ1) is 22.8. The zero-order valence-corrected chi connectivity index (χ0v) is 19.3. The molecule has 176 valence electrons. The molecule has 0 saturated carbocycles. The van der Waals surface area contributed by atoms with E-state index in [0.717, 1.165) is 4.63 Å². The van der Waals surface area contributed by atoms with Crippen LogP contribution in [0.5, 0.6) is 0 Å². The molecule has 0 fully saturated rings. The van der Waals surface area contributed by atoms with Gasteiger partial charge in [0.25, 0.3) is 15.7 Å². The molecule has 4 aromatic rings. The number of H-pyrrole nitrogens is 1. The SMILES string of the molecule is Cc1cc(C)nc(NS(=O)(=O)c2ccc(NC(=O)c3c(C)nn4c([N+](=O)[O-])c(C)[nH][n+]34)cc2)n1. The Hall–Kier alpha value is -4.40. The molecule has 3 aromatic heterocycles. The molecule has 4 rings (SSSR count). The topological polar surface area (TPSA) is 181 Å². The molecule has 1 amide bonds. The molecule has 1 aromatic carbocycles. The van der Waals surface area contributed by atoms with Gasteiger partial charge in [0.15, 0.2) is 10.3 Å². The van der Waals surface area contributed by atoms with Gasteiger partial charge >= 0.3 is 17.4 Å². The van der Waals surface area contributed by atoms with Crippen LogP contribution in [0, 0.1) is 37.8 Å². The van der Waals surface area contributed by atoms with Crippen molar-refractivity contribution in [2.75, 3.05) is 10.0 Å². The summed E-state index contributed by atoms with van der Waals surface area (Å²) >= 11 is 0. The molecule has 3 heterocycles. The Kier molecular flexibility index (Phi) is 5.48. The number of hydrogen-bond donors (Lipinski definition) is 3. The van der Waals surface area contributed by atoms with E-state index < -0.39 is 20.9 Å². The maximum atomic E-state index is 12.9. The largest absolute Gasteiger partial charge is 0.436 e. The van der Waals surface area contributed by atoms with Crippen LogP contribution >= 0.6 is 0 Å². The van der Waals surface area contributed by atoms with E-state index in [1.165, 1.54) is 42.7 Å². The molecule has 14 nitrogen and oxygen atoms in total. The molecule has 0 unspecified atom stereocenters. The molecular formula is C19H20N9O5S+. The second-order valence-corrected chi connectivity index (χ2v) is 9.19. The van der Waals surface area contributed by atoms with Crippen molar-refractivity contribution in [2.45, 2.75) is 32.6 Å². The third-order valence-electron chi connectivity index (χ3n) is 4.81. The Bertz CT molecular complexity index is 1540. The van der Waals surface area contributed by atoms with Crippen molar-refractivity contribution in [1.82, 2.24) is 24.8 Å². The molecule has 0 bridgehead atoms. The predicted molar refractivity (Wildman–Crippen MR) is 118 cm³/mol. The monoisotopic (exact) mass is 486 g/mol. The minimum absolute atomic E-state index is 0.0389. The van der Waals surface area contributed by atoms with Gasteiger partial charge in [-0.15, -0.1) is 0 Å². The van der Waals surface area contributed by atoms with Crippen molar-refractivity contribution in [1.29, 1.82) is 0 Å². The van der Waals surface area contributed by atoms with Crippen LogP contribution in [0.15, 0.2) is 35.2 Å². The van der Waals surface area contributed by atoms with Crippen LogP contribution in [0.2, 0.25) is 0 Å². The number of anilines is 2. The van der Waals surface area contributed by atoms with E-state index in [2.05, 4.69) is 30.2 Å². The molecule has 0 atom stereocenters. The zero-order valence-electron chi connectivity index (χ0n) is 18.5. The Balaban J connectivity index is 1.56. The van der Waals surface area contributed by atoms with E-state index in [-0.39, 0.29) is 33.7 Å². The minimum atomic E-state index is -3.95. The van der Waals surface area contributed by atoms with Crippen LogP contribution in [0.4, 0.5) is 17.5 Å². The number of nitro groups is 1. The van der Waals surface area contributed by atoms with Gasteiger partial charge in [0.1, 0.15) is 5.10 Å². The van der Waals surface area contributed by atoms with Gasteiger partial charge in [-0.3, -0.25) is 4.79 Å². The Morgan fingerprint density at radius 1 is 1.12 bits per heavy atom. The molecule has 0 aliphatic heterocycles. The number of amides is 1. The average Bonchev–Trinajstić information content (AvgIpc) is 3.19. The van der Waals surface area contributed by atoms with Crippen LogP contribution in [-0.2, 0) is 10.0 Å². The smallest absolute Gasteiger partial charge is 0.358 e. The van der Waals surface area contributed by atoms with Crippen molar-refractivity contribution in [2.24, 2.45) is 0 Å². The number of hydrogen-bond acceptors (Lipinski definition) is 8. The maximum absolute atomic E-state index is 12.9. The number of carbonyl (C=O) groups is 1. The number of fused-ring (bicyclic) bond motifs is 1. The van der Waals surface area contributed by atoms with E-state index in [1.807, 2.05) is 0 Å². The first-order valence-electron chi connectivity index (χ1n) is 9.87. The minimum Gasteiger partial charge on any atom is -0.358 e. The van der Waals surface area contributed by atoms with Crippen molar-refractivity contribution in [3.63, 3.8) is 0 Å². The molecule has 15 heteroatoms. The second kappa shape index (κ2) is 8.18.